The van der Waals surface area contributed by atoms with E-state index in [1.54, 1.807) is 29.8 Å². The number of carboxylic acid groups (broad SMARTS) is 1. The van der Waals surface area contributed by atoms with Gasteiger partial charge in [0, 0.05) is 28.9 Å². The minimum Gasteiger partial charge on any atom is -0.475 e. The third kappa shape index (κ3) is 6.26. The van der Waals surface area contributed by atoms with Crippen LogP contribution in [-0.4, -0.2) is 43.2 Å². The summed E-state index contributed by atoms with van der Waals surface area (Å²) in [6.07, 6.45) is -5.08. The van der Waals surface area contributed by atoms with Crippen LogP contribution < -0.4 is 10.6 Å². The molecular formula is C19H13F3N6O5S. The van der Waals surface area contributed by atoms with Crippen LogP contribution >= 0.6 is 11.3 Å². The Morgan fingerprint density at radius 1 is 1.12 bits per heavy atom. The third-order valence-corrected chi connectivity index (χ3v) is 4.56. The van der Waals surface area contributed by atoms with Crippen molar-refractivity contribution in [1.82, 2.24) is 15.0 Å². The predicted octanol–water partition coefficient (Wildman–Crippen LogP) is 4.87. The largest absolute Gasteiger partial charge is 0.490 e. The van der Waals surface area contributed by atoms with Gasteiger partial charge in [-0.3, -0.25) is 10.1 Å². The number of carbonyl (C=O) groups excluding carboxylic acids is 1. The van der Waals surface area contributed by atoms with Crippen molar-refractivity contribution in [3.05, 3.63) is 63.5 Å². The van der Waals surface area contributed by atoms with E-state index >= 15 is 0 Å². The average Bonchev–Trinajstić information content (AvgIpc) is 3.43. The summed E-state index contributed by atoms with van der Waals surface area (Å²) in [7, 11) is 0. The summed E-state index contributed by atoms with van der Waals surface area (Å²) in [5.41, 5.74) is 4.78. The molecule has 0 aliphatic carbocycles. The number of hydrogen-bond donors (Lipinski definition) is 4. The van der Waals surface area contributed by atoms with Gasteiger partial charge in [-0.25, -0.2) is 19.6 Å². The number of thiazole rings is 1. The van der Waals surface area contributed by atoms with Gasteiger partial charge in [-0.05, 0) is 24.3 Å². The number of imidazole rings is 1. The number of aliphatic carboxylic acids is 1. The fraction of sp³-hybridized carbons (Fsp3) is 0.0526. The lowest BCUT2D eigenvalue weighted by molar-refractivity contribution is -0.384. The number of halogens is 3. The van der Waals surface area contributed by atoms with Crippen LogP contribution in [0, 0.1) is 10.1 Å². The molecule has 2 heterocycles. The molecule has 0 aliphatic heterocycles. The van der Waals surface area contributed by atoms with Crippen LogP contribution in [0.3, 0.4) is 0 Å². The summed E-state index contributed by atoms with van der Waals surface area (Å²) in [5, 5.41) is 25.1. The number of H-pyrrole nitrogens is 1. The summed E-state index contributed by atoms with van der Waals surface area (Å²) in [4.78, 5) is 43.2. The van der Waals surface area contributed by atoms with Crippen molar-refractivity contribution in [3.63, 3.8) is 0 Å². The van der Waals surface area contributed by atoms with Gasteiger partial charge in [-0.2, -0.15) is 13.2 Å². The Morgan fingerprint density at radius 3 is 2.38 bits per heavy atom. The molecule has 0 atom stereocenters. The van der Waals surface area contributed by atoms with E-state index in [9.17, 15) is 28.1 Å². The topological polar surface area (TPSA) is 163 Å². The average molecular weight is 494 g/mol. The number of urea groups is 1. The van der Waals surface area contributed by atoms with Crippen LogP contribution in [0.25, 0.3) is 22.6 Å². The normalized spacial score (nSPS) is 10.8. The van der Waals surface area contributed by atoms with Gasteiger partial charge in [0.05, 0.1) is 21.5 Å². The maximum absolute atomic E-state index is 12.2. The highest BCUT2D eigenvalue weighted by molar-refractivity contribution is 7.07. The summed E-state index contributed by atoms with van der Waals surface area (Å²) in [5.74, 6) is -2.10. The molecule has 0 saturated heterocycles. The number of rotatable bonds is 4. The molecule has 4 N–H and O–H groups in total. The van der Waals surface area contributed by atoms with Crippen molar-refractivity contribution in [1.29, 1.82) is 0 Å². The number of hydrogen-bond acceptors (Lipinski definition) is 7. The first kappa shape index (κ1) is 24.1. The first-order valence-electron chi connectivity index (χ1n) is 9.04. The lowest BCUT2D eigenvalue weighted by Crippen LogP contribution is -2.21. The van der Waals surface area contributed by atoms with Gasteiger partial charge in [0.1, 0.15) is 5.69 Å². The molecule has 11 nitrogen and oxygen atoms in total. The molecule has 176 valence electrons. The van der Waals surface area contributed by atoms with Crippen LogP contribution in [0.15, 0.2) is 53.4 Å². The van der Waals surface area contributed by atoms with Crippen LogP contribution in [0.5, 0.6) is 0 Å². The summed E-state index contributed by atoms with van der Waals surface area (Å²) in [6.45, 7) is 0. The standard InChI is InChI=1S/C17H12N6O3S.C2HF3O2/c24-17(19-10-2-1-3-12(6-10)23(25)26)20-11-4-5-13-14(7-11)22-16(21-13)15-8-27-9-18-15;3-2(4,5)1(6)7/h1-9H,(H,21,22)(H2,19,20,24);(H,6,7). The molecule has 2 amide bonds. The minimum atomic E-state index is -5.08. The Bertz CT molecular complexity index is 1340. The van der Waals surface area contributed by atoms with E-state index in [1.165, 1.54) is 29.5 Å². The highest BCUT2D eigenvalue weighted by atomic mass is 32.1. The molecule has 0 radical (unpaired) electrons. The number of nitrogens with zero attached hydrogens (tertiary/aromatic N) is 3. The Balaban J connectivity index is 0.000000406. The molecule has 4 rings (SSSR count). The Kier molecular flexibility index (Phi) is 7.06. The van der Waals surface area contributed by atoms with Crippen molar-refractivity contribution in [2.75, 3.05) is 10.6 Å². The van der Waals surface area contributed by atoms with Crippen molar-refractivity contribution < 1.29 is 32.8 Å². The van der Waals surface area contributed by atoms with Crippen LogP contribution in [0.4, 0.5) is 35.0 Å². The van der Waals surface area contributed by atoms with E-state index in [2.05, 4.69) is 25.6 Å². The first-order valence-corrected chi connectivity index (χ1v) is 9.98. The SMILES string of the molecule is O=C(Nc1cccc([N+](=O)[O-])c1)Nc1ccc2nc(-c3cscn3)[nH]c2c1.O=C(O)C(F)(F)F. The fourth-order valence-electron chi connectivity index (χ4n) is 2.53. The second-order valence-electron chi connectivity index (χ2n) is 6.38. The van der Waals surface area contributed by atoms with Gasteiger partial charge in [-0.1, -0.05) is 6.07 Å². The number of non-ortho nitro benzene ring substituents is 1. The number of aromatic amines is 1. The zero-order chi connectivity index (χ0) is 24.9. The molecule has 2 aromatic carbocycles. The van der Waals surface area contributed by atoms with E-state index in [1.807, 2.05) is 5.38 Å². The number of amides is 2. The molecule has 4 aromatic rings. The van der Waals surface area contributed by atoms with E-state index in [-0.39, 0.29) is 5.69 Å². The zero-order valence-corrected chi connectivity index (χ0v) is 17.5. The molecule has 0 saturated carbocycles. The fourth-order valence-corrected chi connectivity index (χ4v) is 3.07. The molecule has 34 heavy (non-hydrogen) atoms. The van der Waals surface area contributed by atoms with Crippen molar-refractivity contribution >= 4 is 51.4 Å². The molecule has 0 unspecified atom stereocenters. The van der Waals surface area contributed by atoms with Crippen molar-refractivity contribution in [2.45, 2.75) is 6.18 Å². The molecule has 0 bridgehead atoms. The maximum atomic E-state index is 12.2. The van der Waals surface area contributed by atoms with Crippen LogP contribution in [-0.2, 0) is 4.79 Å². The smallest absolute Gasteiger partial charge is 0.475 e. The number of nitro groups is 1. The van der Waals surface area contributed by atoms with Crippen molar-refractivity contribution in [3.8, 4) is 11.5 Å². The highest BCUT2D eigenvalue weighted by Crippen LogP contribution is 2.23. The van der Waals surface area contributed by atoms with Crippen molar-refractivity contribution in [2.24, 2.45) is 0 Å². The van der Waals surface area contributed by atoms with Gasteiger partial charge in [0.25, 0.3) is 5.69 Å². The van der Waals surface area contributed by atoms with Gasteiger partial charge in [-0.15, -0.1) is 11.3 Å². The van der Waals surface area contributed by atoms with Gasteiger partial charge in [0.2, 0.25) is 0 Å². The predicted molar refractivity (Wildman–Crippen MR) is 117 cm³/mol. The highest BCUT2D eigenvalue weighted by Gasteiger charge is 2.38. The zero-order valence-electron chi connectivity index (χ0n) is 16.7. The molecule has 15 heteroatoms. The first-order chi connectivity index (χ1) is 16.0. The lowest BCUT2D eigenvalue weighted by atomic mass is 10.2. The Hall–Kier alpha value is -4.53. The second kappa shape index (κ2) is 9.95. The molecule has 0 aliphatic rings. The van der Waals surface area contributed by atoms with E-state index in [0.29, 0.717) is 17.2 Å². The summed E-state index contributed by atoms with van der Waals surface area (Å²) in [6, 6.07) is 10.5. The van der Waals surface area contributed by atoms with Crippen LogP contribution in [0.1, 0.15) is 0 Å². The molecule has 0 fully saturated rings. The van der Waals surface area contributed by atoms with E-state index in [0.717, 1.165) is 16.7 Å². The minimum absolute atomic E-state index is 0.0961. The van der Waals surface area contributed by atoms with Gasteiger partial charge in [0.15, 0.2) is 5.82 Å². The van der Waals surface area contributed by atoms with Crippen LogP contribution in [0.2, 0.25) is 0 Å². The molecule has 0 spiro atoms. The second-order valence-corrected chi connectivity index (χ2v) is 7.10. The quantitative estimate of drug-likeness (QED) is 0.232. The lowest BCUT2D eigenvalue weighted by Gasteiger charge is -2.07. The number of anilines is 2. The number of benzene rings is 2. The number of aromatic nitrogens is 3. The number of nitrogens with one attached hydrogen (secondary N) is 3. The molecular weight excluding hydrogens is 481 g/mol. The number of fused-ring (bicyclic) bond motifs is 1. The maximum Gasteiger partial charge on any atom is 0.490 e. The number of carbonyl (C=O) groups is 2. The number of alkyl halides is 3. The van der Waals surface area contributed by atoms with E-state index < -0.39 is 23.1 Å². The van der Waals surface area contributed by atoms with Gasteiger partial charge >= 0.3 is 18.2 Å². The third-order valence-electron chi connectivity index (χ3n) is 3.97. The summed E-state index contributed by atoms with van der Waals surface area (Å²) >= 11 is 1.48. The molecule has 2 aromatic heterocycles. The number of nitro benzene ring substituents is 1. The van der Waals surface area contributed by atoms with E-state index in [4.69, 9.17) is 9.90 Å². The monoisotopic (exact) mass is 494 g/mol. The summed E-state index contributed by atoms with van der Waals surface area (Å²) < 4.78 is 31.7. The van der Waals surface area contributed by atoms with Gasteiger partial charge < -0.3 is 20.7 Å². The number of carboxylic acids is 1. The Morgan fingerprint density at radius 2 is 1.79 bits per heavy atom. The Labute approximate surface area is 191 Å².